The Bertz CT molecular complexity index is 504. The minimum absolute atomic E-state index is 0.0653. The molecule has 1 aliphatic carbocycles. The van der Waals surface area contributed by atoms with Gasteiger partial charge in [-0.3, -0.25) is 9.59 Å². The van der Waals surface area contributed by atoms with Gasteiger partial charge in [0.25, 0.3) is 0 Å². The fourth-order valence-corrected chi connectivity index (χ4v) is 3.15. The van der Waals surface area contributed by atoms with Gasteiger partial charge in [-0.2, -0.15) is 0 Å². The predicted molar refractivity (Wildman–Crippen MR) is 73.0 cm³/mol. The molecule has 19 heavy (non-hydrogen) atoms. The lowest BCUT2D eigenvalue weighted by Crippen LogP contribution is -2.42. The molecule has 0 bridgehead atoms. The lowest BCUT2D eigenvalue weighted by molar-refractivity contribution is -0.153. The normalized spacial score (nSPS) is 29.1. The molecule has 2 atom stereocenters. The van der Waals surface area contributed by atoms with Crippen LogP contribution in [0.2, 0.25) is 0 Å². The van der Waals surface area contributed by atoms with Crippen LogP contribution >= 0.6 is 0 Å². The predicted octanol–water partition coefficient (Wildman–Crippen LogP) is 3.40. The van der Waals surface area contributed by atoms with Crippen molar-refractivity contribution in [1.29, 1.82) is 0 Å². The van der Waals surface area contributed by atoms with E-state index in [-0.39, 0.29) is 11.7 Å². The lowest BCUT2D eigenvalue weighted by atomic mass is 9.64. The molecule has 0 radical (unpaired) electrons. The molecular formula is C16H20O3. The second kappa shape index (κ2) is 4.48. The summed E-state index contributed by atoms with van der Waals surface area (Å²) < 4.78 is 0. The van der Waals surface area contributed by atoms with Gasteiger partial charge in [0.2, 0.25) is 0 Å². The van der Waals surface area contributed by atoms with Crippen molar-refractivity contribution in [1.82, 2.24) is 0 Å². The molecule has 2 rings (SSSR count). The van der Waals surface area contributed by atoms with Crippen LogP contribution in [-0.2, 0) is 4.79 Å². The summed E-state index contributed by atoms with van der Waals surface area (Å²) in [7, 11) is 0. The van der Waals surface area contributed by atoms with E-state index in [1.165, 1.54) is 0 Å². The molecule has 0 aliphatic heterocycles. The van der Waals surface area contributed by atoms with Crippen molar-refractivity contribution in [2.45, 2.75) is 33.6 Å². The summed E-state index contributed by atoms with van der Waals surface area (Å²) in [5, 5.41) is 9.47. The van der Waals surface area contributed by atoms with Crippen molar-refractivity contribution in [2.24, 2.45) is 16.7 Å². The van der Waals surface area contributed by atoms with Crippen LogP contribution in [0.15, 0.2) is 30.3 Å². The van der Waals surface area contributed by atoms with Crippen LogP contribution in [0.3, 0.4) is 0 Å². The van der Waals surface area contributed by atoms with Crippen molar-refractivity contribution in [3.05, 3.63) is 35.9 Å². The summed E-state index contributed by atoms with van der Waals surface area (Å²) >= 11 is 0. The van der Waals surface area contributed by atoms with Gasteiger partial charge >= 0.3 is 5.97 Å². The second-order valence-electron chi connectivity index (χ2n) is 6.18. The van der Waals surface area contributed by atoms with Crippen molar-refractivity contribution in [2.75, 3.05) is 0 Å². The summed E-state index contributed by atoms with van der Waals surface area (Å²) in [6.45, 7) is 5.56. The molecule has 1 aliphatic rings. The van der Waals surface area contributed by atoms with Gasteiger partial charge in [0, 0.05) is 11.5 Å². The highest BCUT2D eigenvalue weighted by atomic mass is 16.4. The fourth-order valence-electron chi connectivity index (χ4n) is 3.15. The Morgan fingerprint density at radius 2 is 1.74 bits per heavy atom. The van der Waals surface area contributed by atoms with E-state index in [0.717, 1.165) is 0 Å². The van der Waals surface area contributed by atoms with Gasteiger partial charge in [-0.15, -0.1) is 0 Å². The van der Waals surface area contributed by atoms with E-state index in [4.69, 9.17) is 0 Å². The first kappa shape index (κ1) is 13.8. The van der Waals surface area contributed by atoms with E-state index in [1.54, 1.807) is 19.1 Å². The van der Waals surface area contributed by atoms with E-state index in [1.807, 2.05) is 32.0 Å². The summed E-state index contributed by atoms with van der Waals surface area (Å²) in [6.07, 6.45) is 1.20. The Hall–Kier alpha value is -1.64. The van der Waals surface area contributed by atoms with Crippen LogP contribution in [0, 0.1) is 16.7 Å². The van der Waals surface area contributed by atoms with Gasteiger partial charge in [0.15, 0.2) is 5.78 Å². The van der Waals surface area contributed by atoms with E-state index < -0.39 is 16.8 Å². The molecule has 1 aromatic rings. The van der Waals surface area contributed by atoms with Crippen molar-refractivity contribution in [3.8, 4) is 0 Å². The third-order valence-electron chi connectivity index (χ3n) is 5.07. The first-order valence-corrected chi connectivity index (χ1v) is 6.63. The minimum atomic E-state index is -0.831. The molecule has 3 heteroatoms. The van der Waals surface area contributed by atoms with Crippen LogP contribution in [0.4, 0.5) is 0 Å². The van der Waals surface area contributed by atoms with Gasteiger partial charge in [0.1, 0.15) is 0 Å². The molecule has 0 saturated heterocycles. The molecule has 1 aromatic carbocycles. The third kappa shape index (κ3) is 1.97. The topological polar surface area (TPSA) is 54.4 Å². The number of rotatable bonds is 3. The maximum Gasteiger partial charge on any atom is 0.309 e. The summed E-state index contributed by atoms with van der Waals surface area (Å²) in [5.74, 6) is -0.965. The van der Waals surface area contributed by atoms with Crippen LogP contribution < -0.4 is 0 Å². The Morgan fingerprint density at radius 1 is 1.16 bits per heavy atom. The number of carboxylic acid groups (broad SMARTS) is 1. The number of hydrogen-bond acceptors (Lipinski definition) is 2. The average Bonchev–Trinajstić information content (AvgIpc) is 2.62. The van der Waals surface area contributed by atoms with Gasteiger partial charge in [-0.25, -0.2) is 0 Å². The molecular weight excluding hydrogens is 240 g/mol. The number of carbonyl (C=O) groups excluding carboxylic acids is 1. The van der Waals surface area contributed by atoms with Crippen LogP contribution in [0.1, 0.15) is 44.0 Å². The molecule has 1 saturated carbocycles. The zero-order valence-electron chi connectivity index (χ0n) is 11.6. The van der Waals surface area contributed by atoms with Gasteiger partial charge in [-0.1, -0.05) is 44.2 Å². The number of hydrogen-bond donors (Lipinski definition) is 1. The number of carbonyl (C=O) groups is 2. The Morgan fingerprint density at radius 3 is 2.21 bits per heavy atom. The Balaban J connectivity index is 2.34. The maximum atomic E-state index is 12.6. The van der Waals surface area contributed by atoms with Crippen molar-refractivity contribution < 1.29 is 14.7 Å². The van der Waals surface area contributed by atoms with Crippen LogP contribution in [-0.4, -0.2) is 16.9 Å². The smallest absolute Gasteiger partial charge is 0.309 e. The number of carboxylic acids is 1. The molecule has 0 heterocycles. The van der Waals surface area contributed by atoms with E-state index in [9.17, 15) is 14.7 Å². The lowest BCUT2D eigenvalue weighted by Gasteiger charge is -2.37. The zero-order valence-corrected chi connectivity index (χ0v) is 11.6. The summed E-state index contributed by atoms with van der Waals surface area (Å²) in [5.41, 5.74) is -0.691. The molecule has 1 fully saturated rings. The summed E-state index contributed by atoms with van der Waals surface area (Å²) in [6, 6.07) is 9.15. The highest BCUT2D eigenvalue weighted by Gasteiger charge is 2.58. The Labute approximate surface area is 113 Å². The van der Waals surface area contributed by atoms with E-state index >= 15 is 0 Å². The molecule has 0 spiro atoms. The van der Waals surface area contributed by atoms with E-state index in [0.29, 0.717) is 18.4 Å². The SMILES string of the molecule is CC1(C(=O)O)CCC(C(=O)c2ccccc2)C1(C)C. The van der Waals surface area contributed by atoms with Crippen molar-refractivity contribution in [3.63, 3.8) is 0 Å². The zero-order chi connectivity index (χ0) is 14.3. The molecule has 3 nitrogen and oxygen atoms in total. The van der Waals surface area contributed by atoms with Gasteiger partial charge in [-0.05, 0) is 25.2 Å². The van der Waals surface area contributed by atoms with Crippen LogP contribution in [0.25, 0.3) is 0 Å². The Kier molecular flexibility index (Phi) is 3.25. The first-order chi connectivity index (χ1) is 8.80. The third-order valence-corrected chi connectivity index (χ3v) is 5.07. The number of benzene rings is 1. The van der Waals surface area contributed by atoms with Crippen molar-refractivity contribution >= 4 is 11.8 Å². The quantitative estimate of drug-likeness (QED) is 0.847. The molecule has 0 aromatic heterocycles. The van der Waals surface area contributed by atoms with Gasteiger partial charge in [0.05, 0.1) is 5.41 Å². The number of ketones is 1. The fraction of sp³-hybridized carbons (Fsp3) is 0.500. The standard InChI is InChI=1S/C16H20O3/c1-15(2)12(9-10-16(15,3)14(18)19)13(17)11-7-5-4-6-8-11/h4-8,12H,9-10H2,1-3H3,(H,18,19). The highest BCUT2D eigenvalue weighted by molar-refractivity contribution is 5.99. The first-order valence-electron chi connectivity index (χ1n) is 6.63. The minimum Gasteiger partial charge on any atom is -0.481 e. The molecule has 2 unspecified atom stereocenters. The van der Waals surface area contributed by atoms with E-state index in [2.05, 4.69) is 0 Å². The molecule has 0 amide bonds. The largest absolute Gasteiger partial charge is 0.481 e. The highest BCUT2D eigenvalue weighted by Crippen LogP contribution is 2.56. The van der Waals surface area contributed by atoms with Gasteiger partial charge < -0.3 is 5.11 Å². The monoisotopic (exact) mass is 260 g/mol. The molecule has 102 valence electrons. The van der Waals surface area contributed by atoms with Crippen LogP contribution in [0.5, 0.6) is 0 Å². The number of aliphatic carboxylic acids is 1. The maximum absolute atomic E-state index is 12.6. The summed E-state index contributed by atoms with van der Waals surface area (Å²) in [4.78, 5) is 24.1. The molecule has 1 N–H and O–H groups in total. The second-order valence-corrected chi connectivity index (χ2v) is 6.18. The number of Topliss-reactive ketones (excluding diaryl/α,β-unsaturated/α-hetero) is 1. The average molecular weight is 260 g/mol.